The van der Waals surface area contributed by atoms with Gasteiger partial charge in [-0.15, -0.1) is 0 Å². The predicted octanol–water partition coefficient (Wildman–Crippen LogP) is 2.46. The quantitative estimate of drug-likeness (QED) is 0.735. The first kappa shape index (κ1) is 17.7. The lowest BCUT2D eigenvalue weighted by Gasteiger charge is -2.31. The number of rotatable bonds is 9. The Bertz CT molecular complexity index is 424. The van der Waals surface area contributed by atoms with E-state index in [1.54, 1.807) is 0 Å². The van der Waals surface area contributed by atoms with Gasteiger partial charge in [0.1, 0.15) is 5.69 Å². The second kappa shape index (κ2) is 8.82. The van der Waals surface area contributed by atoms with Crippen molar-refractivity contribution in [3.63, 3.8) is 0 Å². The van der Waals surface area contributed by atoms with Gasteiger partial charge >= 0.3 is 0 Å². The van der Waals surface area contributed by atoms with Crippen LogP contribution >= 0.6 is 0 Å². The average Bonchev–Trinajstić information content (AvgIpc) is 2.94. The number of nitrogens with zero attached hydrogens (tertiary/aromatic N) is 2. The van der Waals surface area contributed by atoms with Crippen LogP contribution < -0.4 is 5.32 Å². The van der Waals surface area contributed by atoms with Gasteiger partial charge in [-0.1, -0.05) is 34.6 Å². The van der Waals surface area contributed by atoms with Crippen molar-refractivity contribution in [3.8, 4) is 0 Å². The summed E-state index contributed by atoms with van der Waals surface area (Å²) in [5.74, 6) is 0.524. The Morgan fingerprint density at radius 3 is 2.48 bits per heavy atom. The molecule has 0 fully saturated rings. The van der Waals surface area contributed by atoms with Gasteiger partial charge in [-0.3, -0.25) is 14.8 Å². The molecule has 0 aliphatic carbocycles. The third kappa shape index (κ3) is 5.50. The zero-order valence-corrected chi connectivity index (χ0v) is 14.1. The summed E-state index contributed by atoms with van der Waals surface area (Å²) in [6.07, 6.45) is 1.94. The molecule has 1 amide bonds. The summed E-state index contributed by atoms with van der Waals surface area (Å²) in [6, 6.07) is 2.21. The topological polar surface area (TPSA) is 61.0 Å². The number of hydrogen-bond acceptors (Lipinski definition) is 3. The monoisotopic (exact) mass is 294 g/mol. The largest absolute Gasteiger partial charge is 0.349 e. The molecule has 0 radical (unpaired) electrons. The number of aromatic amines is 1. The number of carbonyl (C=O) groups is 1. The predicted molar refractivity (Wildman–Crippen MR) is 86.5 cm³/mol. The van der Waals surface area contributed by atoms with Crippen LogP contribution in [-0.4, -0.2) is 46.7 Å². The summed E-state index contributed by atoms with van der Waals surface area (Å²) in [4.78, 5) is 14.6. The maximum atomic E-state index is 12.2. The molecule has 2 N–H and O–H groups in total. The lowest BCUT2D eigenvalue weighted by atomic mass is 10.0. The van der Waals surface area contributed by atoms with Gasteiger partial charge in [0.2, 0.25) is 0 Å². The minimum Gasteiger partial charge on any atom is -0.349 e. The first-order valence-corrected chi connectivity index (χ1v) is 8.08. The highest BCUT2D eigenvalue weighted by atomic mass is 16.1. The van der Waals surface area contributed by atoms with Crippen molar-refractivity contribution in [1.82, 2.24) is 20.4 Å². The molecule has 0 aliphatic heterocycles. The van der Waals surface area contributed by atoms with Crippen LogP contribution in [0.5, 0.6) is 0 Å². The Hall–Kier alpha value is -1.36. The van der Waals surface area contributed by atoms with E-state index in [1.165, 1.54) is 0 Å². The second-order valence-electron chi connectivity index (χ2n) is 5.85. The van der Waals surface area contributed by atoms with Crippen LogP contribution in [-0.2, 0) is 6.42 Å². The van der Waals surface area contributed by atoms with Crippen LogP contribution in [0.3, 0.4) is 0 Å². The first-order chi connectivity index (χ1) is 10.0. The molecule has 5 heteroatoms. The summed E-state index contributed by atoms with van der Waals surface area (Å²) >= 11 is 0. The molecule has 21 heavy (non-hydrogen) atoms. The number of amides is 1. The third-order valence-electron chi connectivity index (χ3n) is 3.81. The first-order valence-electron chi connectivity index (χ1n) is 8.08. The summed E-state index contributed by atoms with van der Waals surface area (Å²) in [5, 5.41) is 9.97. The van der Waals surface area contributed by atoms with Gasteiger partial charge in [0.05, 0.1) is 0 Å². The molecule has 0 aromatic carbocycles. The molecule has 1 atom stereocenters. The minimum atomic E-state index is -0.0909. The fourth-order valence-electron chi connectivity index (χ4n) is 2.61. The van der Waals surface area contributed by atoms with Crippen LogP contribution in [0, 0.1) is 5.92 Å². The van der Waals surface area contributed by atoms with Gasteiger partial charge in [0, 0.05) is 18.3 Å². The van der Waals surface area contributed by atoms with Crippen molar-refractivity contribution in [2.45, 2.75) is 53.5 Å². The number of nitrogens with one attached hydrogen (secondary N) is 2. The normalized spacial score (nSPS) is 12.9. The molecule has 1 aromatic rings. The van der Waals surface area contributed by atoms with Crippen molar-refractivity contribution in [1.29, 1.82) is 0 Å². The Balaban J connectivity index is 2.60. The lowest BCUT2D eigenvalue weighted by molar-refractivity contribution is 0.0924. The van der Waals surface area contributed by atoms with E-state index in [9.17, 15) is 4.79 Å². The zero-order valence-electron chi connectivity index (χ0n) is 14.1. The fourth-order valence-corrected chi connectivity index (χ4v) is 2.61. The van der Waals surface area contributed by atoms with E-state index < -0.39 is 0 Å². The second-order valence-corrected chi connectivity index (χ2v) is 5.85. The molecule has 0 bridgehead atoms. The fraction of sp³-hybridized carbons (Fsp3) is 0.750. The van der Waals surface area contributed by atoms with Gasteiger partial charge in [0.15, 0.2) is 0 Å². The molecular weight excluding hydrogens is 264 g/mol. The Morgan fingerprint density at radius 2 is 2.00 bits per heavy atom. The van der Waals surface area contributed by atoms with E-state index in [-0.39, 0.29) is 5.91 Å². The van der Waals surface area contributed by atoms with Crippen molar-refractivity contribution in [2.75, 3.05) is 19.6 Å². The molecule has 5 nitrogen and oxygen atoms in total. The van der Waals surface area contributed by atoms with Crippen LogP contribution in [0.25, 0.3) is 0 Å². The Morgan fingerprint density at radius 1 is 1.33 bits per heavy atom. The summed E-state index contributed by atoms with van der Waals surface area (Å²) in [6.45, 7) is 13.5. The van der Waals surface area contributed by atoms with E-state index in [4.69, 9.17) is 0 Å². The molecule has 0 spiro atoms. The van der Waals surface area contributed by atoms with E-state index in [0.29, 0.717) is 24.2 Å². The lowest BCUT2D eigenvalue weighted by Crippen LogP contribution is -2.44. The average molecular weight is 294 g/mol. The molecule has 0 saturated heterocycles. The number of aryl methyl sites for hydroxylation is 1. The van der Waals surface area contributed by atoms with Crippen molar-refractivity contribution in [3.05, 3.63) is 17.5 Å². The molecule has 120 valence electrons. The third-order valence-corrected chi connectivity index (χ3v) is 3.81. The van der Waals surface area contributed by atoms with Gasteiger partial charge < -0.3 is 5.32 Å². The van der Waals surface area contributed by atoms with E-state index in [2.05, 4.69) is 48.1 Å². The molecule has 1 rings (SSSR count). The molecule has 1 heterocycles. The molecule has 0 aliphatic rings. The van der Waals surface area contributed by atoms with E-state index in [0.717, 1.165) is 31.6 Å². The van der Waals surface area contributed by atoms with Gasteiger partial charge in [-0.25, -0.2) is 0 Å². The number of carbonyl (C=O) groups excluding carboxylic acids is 1. The standard InChI is InChI=1S/C16H30N4O/c1-6-13-10-15(19-18-13)16(21)17-11-14(9-12(4)5)20(7-2)8-3/h10,12,14H,6-9,11H2,1-5H3,(H,17,21)(H,18,19). The maximum absolute atomic E-state index is 12.2. The smallest absolute Gasteiger partial charge is 0.271 e. The summed E-state index contributed by atoms with van der Waals surface area (Å²) in [5.41, 5.74) is 1.47. The SMILES string of the molecule is CCc1cc(C(=O)NCC(CC(C)C)N(CC)CC)n[nH]1. The number of likely N-dealkylation sites (N-methyl/N-ethyl adjacent to an activating group) is 1. The Labute approximate surface area is 128 Å². The van der Waals surface area contributed by atoms with Crippen molar-refractivity contribution >= 4 is 5.91 Å². The zero-order chi connectivity index (χ0) is 15.8. The highest BCUT2D eigenvalue weighted by molar-refractivity contribution is 5.92. The molecular formula is C16H30N4O. The summed E-state index contributed by atoms with van der Waals surface area (Å²) in [7, 11) is 0. The van der Waals surface area contributed by atoms with Crippen LogP contribution in [0.4, 0.5) is 0 Å². The highest BCUT2D eigenvalue weighted by Gasteiger charge is 2.19. The molecule has 1 aromatic heterocycles. The van der Waals surface area contributed by atoms with Crippen LogP contribution in [0.2, 0.25) is 0 Å². The van der Waals surface area contributed by atoms with Crippen molar-refractivity contribution < 1.29 is 4.79 Å². The number of aromatic nitrogens is 2. The highest BCUT2D eigenvalue weighted by Crippen LogP contribution is 2.11. The van der Waals surface area contributed by atoms with Crippen LogP contribution in [0.1, 0.15) is 57.2 Å². The molecule has 1 unspecified atom stereocenters. The van der Waals surface area contributed by atoms with Gasteiger partial charge in [-0.2, -0.15) is 5.10 Å². The maximum Gasteiger partial charge on any atom is 0.271 e. The van der Waals surface area contributed by atoms with E-state index in [1.807, 2.05) is 13.0 Å². The van der Waals surface area contributed by atoms with Crippen molar-refractivity contribution in [2.24, 2.45) is 5.92 Å². The number of H-pyrrole nitrogens is 1. The van der Waals surface area contributed by atoms with Crippen LogP contribution in [0.15, 0.2) is 6.07 Å². The van der Waals surface area contributed by atoms with Gasteiger partial charge in [0.25, 0.3) is 5.91 Å². The summed E-state index contributed by atoms with van der Waals surface area (Å²) < 4.78 is 0. The minimum absolute atomic E-state index is 0.0909. The Kier molecular flexibility index (Phi) is 7.43. The van der Waals surface area contributed by atoms with E-state index >= 15 is 0 Å². The molecule has 0 saturated carbocycles. The van der Waals surface area contributed by atoms with Gasteiger partial charge in [-0.05, 0) is 37.9 Å². The number of hydrogen-bond donors (Lipinski definition) is 2.